The molecule has 41 heavy (non-hydrogen) atoms. The quantitative estimate of drug-likeness (QED) is 0.502. The molecule has 7 rings (SSSR count). The van der Waals surface area contributed by atoms with Crippen LogP contribution in [0.2, 0.25) is 0 Å². The summed E-state index contributed by atoms with van der Waals surface area (Å²) in [4.78, 5) is 17.6. The van der Waals surface area contributed by atoms with E-state index in [0.717, 1.165) is 36.3 Å². The van der Waals surface area contributed by atoms with Gasteiger partial charge in [0.2, 0.25) is 5.91 Å². The number of benzene rings is 2. The van der Waals surface area contributed by atoms with Gasteiger partial charge in [0.15, 0.2) is 11.5 Å². The summed E-state index contributed by atoms with van der Waals surface area (Å²) in [5.74, 6) is 0.759. The van der Waals surface area contributed by atoms with Gasteiger partial charge in [-0.25, -0.2) is 0 Å². The van der Waals surface area contributed by atoms with Crippen molar-refractivity contribution >= 4 is 12.0 Å². The van der Waals surface area contributed by atoms with Crippen molar-refractivity contribution in [3.05, 3.63) is 64.7 Å². The molecule has 2 aromatic rings. The minimum atomic E-state index is -4.47. The van der Waals surface area contributed by atoms with Gasteiger partial charge in [0.25, 0.3) is 0 Å². The van der Waals surface area contributed by atoms with Crippen LogP contribution in [0.1, 0.15) is 61.3 Å². The average molecular weight is 569 g/mol. The molecule has 2 saturated carbocycles. The van der Waals surface area contributed by atoms with E-state index < -0.39 is 34.4 Å². The second-order valence-electron chi connectivity index (χ2n) is 12.9. The van der Waals surface area contributed by atoms with Crippen LogP contribution in [0, 0.1) is 5.92 Å². The van der Waals surface area contributed by atoms with Gasteiger partial charge in [0.05, 0.1) is 22.6 Å². The van der Waals surface area contributed by atoms with Crippen LogP contribution >= 0.6 is 0 Å². The summed E-state index contributed by atoms with van der Waals surface area (Å²) in [6.45, 7) is 3.74. The smallest absolute Gasteiger partial charge is 0.416 e. The number of rotatable bonds is 5. The van der Waals surface area contributed by atoms with Gasteiger partial charge in [-0.3, -0.25) is 9.69 Å². The Bertz CT molecular complexity index is 1450. The molecule has 2 N–H and O–H groups in total. The molecule has 5 atom stereocenters. The summed E-state index contributed by atoms with van der Waals surface area (Å²) in [6, 6.07) is 7.97. The number of halogens is 3. The summed E-state index contributed by atoms with van der Waals surface area (Å²) in [7, 11) is 1.69. The lowest BCUT2D eigenvalue weighted by Crippen LogP contribution is -2.82. The molecule has 0 aromatic heterocycles. The van der Waals surface area contributed by atoms with Gasteiger partial charge >= 0.3 is 6.18 Å². The molecule has 0 unspecified atom stereocenters. The first kappa shape index (κ1) is 26.8. The Balaban J connectivity index is 1.24. The molecule has 3 fully saturated rings. The predicted octanol–water partition coefficient (Wildman–Crippen LogP) is 4.91. The fourth-order valence-corrected chi connectivity index (χ4v) is 8.73. The molecule has 2 aliphatic heterocycles. The van der Waals surface area contributed by atoms with Crippen molar-refractivity contribution in [2.75, 3.05) is 20.1 Å². The summed E-state index contributed by atoms with van der Waals surface area (Å²) in [5, 5.41) is 23.7. The molecular formula is C32H35F3N2O4. The minimum Gasteiger partial charge on any atom is -0.504 e. The van der Waals surface area contributed by atoms with Gasteiger partial charge in [-0.2, -0.15) is 13.2 Å². The number of phenols is 1. The van der Waals surface area contributed by atoms with E-state index in [0.29, 0.717) is 37.4 Å². The zero-order valence-corrected chi connectivity index (χ0v) is 23.2. The fraction of sp³-hybridized carbons (Fsp3) is 0.531. The maximum Gasteiger partial charge on any atom is 0.416 e. The summed E-state index contributed by atoms with van der Waals surface area (Å²) in [5.41, 5.74) is -1.45. The van der Waals surface area contributed by atoms with Crippen LogP contribution in [0.25, 0.3) is 6.08 Å². The van der Waals surface area contributed by atoms with Crippen LogP contribution in [-0.4, -0.2) is 69.3 Å². The first-order valence-electron chi connectivity index (χ1n) is 14.5. The highest BCUT2D eigenvalue weighted by Gasteiger charge is 2.78. The molecule has 5 aliphatic rings. The number of hydrogen-bond donors (Lipinski definition) is 2. The molecule has 218 valence electrons. The zero-order valence-electron chi connectivity index (χ0n) is 23.2. The number of carbonyl (C=O) groups is 1. The van der Waals surface area contributed by atoms with Crippen molar-refractivity contribution in [3.63, 3.8) is 0 Å². The van der Waals surface area contributed by atoms with Crippen LogP contribution in [0.4, 0.5) is 13.2 Å². The first-order chi connectivity index (χ1) is 19.4. The summed E-state index contributed by atoms with van der Waals surface area (Å²) < 4.78 is 46.3. The summed E-state index contributed by atoms with van der Waals surface area (Å²) in [6.07, 6.45) is 2.98. The van der Waals surface area contributed by atoms with Gasteiger partial charge < -0.3 is 19.8 Å². The van der Waals surface area contributed by atoms with Crippen LogP contribution in [0.3, 0.4) is 0 Å². The Morgan fingerprint density at radius 2 is 1.98 bits per heavy atom. The molecule has 3 aliphatic carbocycles. The number of nitrogens with zero attached hydrogens (tertiary/aromatic N) is 2. The van der Waals surface area contributed by atoms with Crippen molar-refractivity contribution in [1.82, 2.24) is 9.80 Å². The van der Waals surface area contributed by atoms with E-state index >= 15 is 0 Å². The molecule has 1 amide bonds. The highest BCUT2D eigenvalue weighted by Crippen LogP contribution is 2.69. The number of aliphatic hydroxyl groups is 1. The third-order valence-corrected chi connectivity index (χ3v) is 10.8. The van der Waals surface area contributed by atoms with E-state index in [2.05, 4.69) is 4.90 Å². The van der Waals surface area contributed by atoms with Crippen LogP contribution in [0.5, 0.6) is 11.5 Å². The van der Waals surface area contributed by atoms with E-state index in [4.69, 9.17) is 4.74 Å². The second kappa shape index (κ2) is 8.74. The molecule has 2 heterocycles. The van der Waals surface area contributed by atoms with Crippen molar-refractivity contribution < 1.29 is 32.9 Å². The molecular weight excluding hydrogens is 533 g/mol. The number of piperidine rings is 1. The van der Waals surface area contributed by atoms with E-state index in [-0.39, 0.29) is 23.3 Å². The average Bonchev–Trinajstić information content (AvgIpc) is 3.69. The Labute approximate surface area is 237 Å². The highest BCUT2D eigenvalue weighted by atomic mass is 19.4. The largest absolute Gasteiger partial charge is 0.504 e. The number of phenolic OH excluding ortho intramolecular Hbond substituents is 1. The normalized spacial score (nSPS) is 33.9. The van der Waals surface area contributed by atoms with Gasteiger partial charge in [0.1, 0.15) is 5.60 Å². The molecule has 0 radical (unpaired) electrons. The molecule has 1 saturated heterocycles. The Morgan fingerprint density at radius 3 is 2.71 bits per heavy atom. The number of ether oxygens (including phenoxy) is 1. The first-order valence-corrected chi connectivity index (χ1v) is 14.5. The third-order valence-electron chi connectivity index (χ3n) is 10.8. The van der Waals surface area contributed by atoms with Gasteiger partial charge in [-0.05, 0) is 93.3 Å². The molecule has 9 heteroatoms. The van der Waals surface area contributed by atoms with Gasteiger partial charge in [0, 0.05) is 31.3 Å². The van der Waals surface area contributed by atoms with Crippen molar-refractivity contribution in [2.45, 2.75) is 80.3 Å². The second-order valence-corrected chi connectivity index (χ2v) is 12.9. The topological polar surface area (TPSA) is 73.2 Å². The Kier molecular flexibility index (Phi) is 5.72. The van der Waals surface area contributed by atoms with Crippen LogP contribution in [-0.2, 0) is 22.8 Å². The molecule has 1 spiro atoms. The maximum absolute atomic E-state index is 13.5. The Morgan fingerprint density at radius 1 is 1.20 bits per heavy atom. The Hall–Kier alpha value is -3.04. The number of alkyl halides is 3. The number of amides is 1. The lowest BCUT2D eigenvalue weighted by atomic mass is 9.44. The minimum absolute atomic E-state index is 0.0344. The van der Waals surface area contributed by atoms with E-state index in [1.807, 2.05) is 13.0 Å². The maximum atomic E-state index is 13.5. The molecule has 2 bridgehead atoms. The lowest BCUT2D eigenvalue weighted by molar-refractivity contribution is -0.229. The number of likely N-dealkylation sites (N-methyl/N-ethyl adjacent to an activating group) is 1. The predicted molar refractivity (Wildman–Crippen MR) is 146 cm³/mol. The van der Waals surface area contributed by atoms with Crippen LogP contribution < -0.4 is 4.74 Å². The zero-order chi connectivity index (χ0) is 28.9. The van der Waals surface area contributed by atoms with Crippen LogP contribution in [0.15, 0.2) is 42.5 Å². The number of hydrogen-bond acceptors (Lipinski definition) is 5. The molecule has 6 nitrogen and oxygen atoms in total. The van der Waals surface area contributed by atoms with Crippen molar-refractivity contribution in [3.8, 4) is 11.5 Å². The standard InChI is InChI=1S/C32H35F3N2O4/c1-29-24(36(2)26(39)11-8-19-4-3-5-22(16-19)32(33,34)35)12-13-31(40)25-17-21-9-10-23(38)28(41-29)27(21)30(29,31)14-15-37(25)18-20-6-7-20/h3-5,8-11,16,20,24-25,38,40H,6-7,12-15,17-18H2,1-2H3/t24-,25-,29+,30+,31-/m1/s1. The summed E-state index contributed by atoms with van der Waals surface area (Å²) >= 11 is 0. The monoisotopic (exact) mass is 568 g/mol. The lowest BCUT2D eigenvalue weighted by Gasteiger charge is -2.68. The number of aromatic hydroxyl groups is 1. The van der Waals surface area contributed by atoms with Crippen molar-refractivity contribution in [1.29, 1.82) is 0 Å². The van der Waals surface area contributed by atoms with E-state index in [9.17, 15) is 28.2 Å². The number of carbonyl (C=O) groups excluding carboxylic acids is 1. The van der Waals surface area contributed by atoms with E-state index in [1.165, 1.54) is 37.1 Å². The van der Waals surface area contributed by atoms with Gasteiger partial charge in [-0.15, -0.1) is 0 Å². The fourth-order valence-electron chi connectivity index (χ4n) is 8.73. The van der Waals surface area contributed by atoms with E-state index in [1.54, 1.807) is 18.0 Å². The van der Waals surface area contributed by atoms with Crippen molar-refractivity contribution in [2.24, 2.45) is 5.92 Å². The number of likely N-dealkylation sites (tertiary alicyclic amines) is 1. The SMILES string of the molecule is CN(C(=O)C=Cc1cccc(C(F)(F)F)c1)[C@@H]1CC[C@@]2(O)[C@H]3Cc4ccc(O)c5c4[C@@]2(CCN3CC2CC2)[C@@]1(C)O5. The molecule has 2 aromatic carbocycles. The third kappa shape index (κ3) is 3.67. The highest BCUT2D eigenvalue weighted by molar-refractivity contribution is 5.92. The van der Waals surface area contributed by atoms with Gasteiger partial charge in [-0.1, -0.05) is 18.2 Å².